The van der Waals surface area contributed by atoms with E-state index in [1.807, 2.05) is 0 Å². The Bertz CT molecular complexity index is 775. The van der Waals surface area contributed by atoms with Crippen LogP contribution in [0.4, 0.5) is 0 Å². The number of nitrogens with two attached hydrogens (primary N) is 4. The molecular formula is C18H32N8O6S. The summed E-state index contributed by atoms with van der Waals surface area (Å²) in [5.74, 6) is -4.34. The minimum atomic E-state index is -1.39. The van der Waals surface area contributed by atoms with Crippen LogP contribution in [0.5, 0.6) is 0 Å². The molecule has 0 saturated carbocycles. The number of carboxylic acids is 1. The third-order valence-corrected chi connectivity index (χ3v) is 5.35. The molecule has 11 N–H and O–H groups in total. The predicted octanol–water partition coefficient (Wildman–Crippen LogP) is -3.78. The van der Waals surface area contributed by atoms with Gasteiger partial charge in [-0.1, -0.05) is 0 Å². The van der Waals surface area contributed by atoms with Crippen LogP contribution in [0.3, 0.4) is 0 Å². The van der Waals surface area contributed by atoms with E-state index in [0.29, 0.717) is 6.42 Å². The summed E-state index contributed by atoms with van der Waals surface area (Å²) in [5.41, 5.74) is 21.4. The number of carboxylic acid groups (broad SMARTS) is 1. The highest BCUT2D eigenvalue weighted by Crippen LogP contribution is 2.19. The Balaban J connectivity index is 3.03. The van der Waals surface area contributed by atoms with Crippen LogP contribution in [0.25, 0.3) is 0 Å². The normalized spacial score (nSPS) is 18.0. The van der Waals surface area contributed by atoms with Crippen molar-refractivity contribution in [1.82, 2.24) is 15.5 Å². The zero-order valence-corrected chi connectivity index (χ0v) is 19.0. The second-order valence-electron chi connectivity index (χ2n) is 7.56. The van der Waals surface area contributed by atoms with E-state index in [9.17, 15) is 29.1 Å². The quantitative estimate of drug-likeness (QED) is 0.0547. The van der Waals surface area contributed by atoms with Crippen molar-refractivity contribution in [2.24, 2.45) is 27.9 Å². The van der Waals surface area contributed by atoms with Crippen LogP contribution in [0.2, 0.25) is 0 Å². The van der Waals surface area contributed by atoms with Gasteiger partial charge in [0.2, 0.25) is 23.6 Å². The number of hydrogen-bond donors (Lipinski definition) is 8. The maximum atomic E-state index is 13.1. The average Bonchev–Trinajstić information content (AvgIpc) is 3.23. The smallest absolute Gasteiger partial charge is 0.326 e. The van der Waals surface area contributed by atoms with Gasteiger partial charge in [-0.15, -0.1) is 0 Å². The summed E-state index contributed by atoms with van der Waals surface area (Å²) in [6.45, 7) is 0.386. The lowest BCUT2D eigenvalue weighted by atomic mass is 10.1. The molecule has 1 heterocycles. The molecule has 1 aliphatic rings. The lowest BCUT2D eigenvalue weighted by Crippen LogP contribution is -2.58. The topological polar surface area (TPSA) is 249 Å². The standard InChI is InChI=1S/C18H32N8O6S/c19-9(8-33)14(28)25-11(7-13(20)27)15(29)24-10(3-1-5-23-18(21)22)16(30)26-6-2-4-12(26)17(31)32/h9-12,33H,1-8,19H2,(H2,20,27)(H,24,29)(H,25,28)(H,31,32)(H4,21,22,23). The number of nitrogens with zero attached hydrogens (tertiary/aromatic N) is 2. The Morgan fingerprint density at radius 1 is 1.09 bits per heavy atom. The summed E-state index contributed by atoms with van der Waals surface area (Å²) < 4.78 is 0. The fourth-order valence-electron chi connectivity index (χ4n) is 3.29. The van der Waals surface area contributed by atoms with Crippen molar-refractivity contribution < 1.29 is 29.1 Å². The number of amides is 4. The Labute approximate surface area is 196 Å². The lowest BCUT2D eigenvalue weighted by molar-refractivity contribution is -0.149. The summed E-state index contributed by atoms with van der Waals surface area (Å²) in [6.07, 6.45) is 0.624. The molecule has 0 aromatic carbocycles. The molecule has 4 amide bonds. The molecular weight excluding hydrogens is 456 g/mol. The summed E-state index contributed by atoms with van der Waals surface area (Å²) in [7, 11) is 0. The zero-order chi connectivity index (χ0) is 25.1. The fourth-order valence-corrected chi connectivity index (χ4v) is 3.46. The van der Waals surface area contributed by atoms with Crippen molar-refractivity contribution in [1.29, 1.82) is 0 Å². The fraction of sp³-hybridized carbons (Fsp3) is 0.667. The van der Waals surface area contributed by atoms with E-state index in [1.165, 1.54) is 4.90 Å². The van der Waals surface area contributed by atoms with Gasteiger partial charge in [-0.2, -0.15) is 12.6 Å². The summed E-state index contributed by atoms with van der Waals surface area (Å²) in [5, 5.41) is 14.2. The minimum absolute atomic E-state index is 0.00577. The molecule has 1 aliphatic heterocycles. The molecule has 33 heavy (non-hydrogen) atoms. The number of carbonyl (C=O) groups is 5. The van der Waals surface area contributed by atoms with E-state index in [0.717, 1.165) is 0 Å². The van der Waals surface area contributed by atoms with E-state index in [-0.39, 0.29) is 44.1 Å². The molecule has 4 atom stereocenters. The first-order valence-electron chi connectivity index (χ1n) is 10.3. The summed E-state index contributed by atoms with van der Waals surface area (Å²) >= 11 is 3.91. The molecule has 0 bridgehead atoms. The molecule has 14 nitrogen and oxygen atoms in total. The van der Waals surface area contributed by atoms with Gasteiger partial charge in [0.15, 0.2) is 5.96 Å². The lowest BCUT2D eigenvalue weighted by Gasteiger charge is -2.28. The first-order valence-corrected chi connectivity index (χ1v) is 10.9. The number of nitrogens with one attached hydrogen (secondary N) is 2. The molecule has 186 valence electrons. The van der Waals surface area contributed by atoms with Gasteiger partial charge in [-0.3, -0.25) is 24.2 Å². The van der Waals surface area contributed by atoms with Crippen molar-refractivity contribution in [3.8, 4) is 0 Å². The first kappa shape index (κ1) is 28.0. The molecule has 1 rings (SSSR count). The van der Waals surface area contributed by atoms with Gasteiger partial charge in [0, 0.05) is 18.8 Å². The number of guanidine groups is 1. The molecule has 4 unspecified atom stereocenters. The van der Waals surface area contributed by atoms with Gasteiger partial charge in [-0.25, -0.2) is 4.79 Å². The van der Waals surface area contributed by atoms with Crippen LogP contribution in [0, 0.1) is 0 Å². The van der Waals surface area contributed by atoms with Gasteiger partial charge in [0.1, 0.15) is 18.1 Å². The molecule has 0 aromatic heterocycles. The number of carbonyl (C=O) groups excluding carboxylic acids is 4. The van der Waals surface area contributed by atoms with Crippen LogP contribution in [-0.4, -0.2) is 88.6 Å². The number of thiol groups is 1. The van der Waals surface area contributed by atoms with Gasteiger partial charge in [0.05, 0.1) is 12.5 Å². The SMILES string of the molecule is NC(=O)CC(NC(=O)C(N)CS)C(=O)NC(CCCN=C(N)N)C(=O)N1CCCC1C(=O)O. The highest BCUT2D eigenvalue weighted by Gasteiger charge is 2.38. The molecule has 15 heteroatoms. The van der Waals surface area contributed by atoms with Gasteiger partial charge < -0.3 is 43.6 Å². The largest absolute Gasteiger partial charge is 0.480 e. The third-order valence-electron chi connectivity index (χ3n) is 4.95. The van der Waals surface area contributed by atoms with Crippen molar-refractivity contribution in [2.75, 3.05) is 18.8 Å². The van der Waals surface area contributed by atoms with Gasteiger partial charge in [0.25, 0.3) is 0 Å². The monoisotopic (exact) mass is 488 g/mol. The van der Waals surface area contributed by atoms with E-state index in [2.05, 4.69) is 28.3 Å². The number of rotatable bonds is 13. The Morgan fingerprint density at radius 2 is 1.73 bits per heavy atom. The van der Waals surface area contributed by atoms with Crippen LogP contribution in [0.1, 0.15) is 32.1 Å². The highest BCUT2D eigenvalue weighted by molar-refractivity contribution is 7.80. The molecule has 1 saturated heterocycles. The number of primary amides is 1. The molecule has 0 aliphatic carbocycles. The average molecular weight is 489 g/mol. The first-order chi connectivity index (χ1) is 15.5. The number of hydrogen-bond acceptors (Lipinski definition) is 8. The number of aliphatic carboxylic acids is 1. The molecule has 1 fully saturated rings. The number of likely N-dealkylation sites (tertiary alicyclic amines) is 1. The second kappa shape index (κ2) is 13.5. The Hall–Kier alpha value is -3.07. The molecule has 0 radical (unpaired) electrons. The van der Waals surface area contributed by atoms with Crippen LogP contribution >= 0.6 is 12.6 Å². The van der Waals surface area contributed by atoms with Gasteiger partial charge in [-0.05, 0) is 25.7 Å². The summed E-state index contributed by atoms with van der Waals surface area (Å²) in [4.78, 5) is 66.0. The van der Waals surface area contributed by atoms with Crippen molar-refractivity contribution in [3.63, 3.8) is 0 Å². The van der Waals surface area contributed by atoms with Crippen LogP contribution in [-0.2, 0) is 24.0 Å². The van der Waals surface area contributed by atoms with Crippen LogP contribution < -0.4 is 33.6 Å². The maximum Gasteiger partial charge on any atom is 0.326 e. The summed E-state index contributed by atoms with van der Waals surface area (Å²) in [6, 6.07) is -4.57. The van der Waals surface area contributed by atoms with Crippen molar-refractivity contribution >= 4 is 48.2 Å². The van der Waals surface area contributed by atoms with Gasteiger partial charge >= 0.3 is 5.97 Å². The third kappa shape index (κ3) is 9.13. The van der Waals surface area contributed by atoms with Crippen molar-refractivity contribution in [2.45, 2.75) is 56.3 Å². The van der Waals surface area contributed by atoms with Crippen LogP contribution in [0.15, 0.2) is 4.99 Å². The molecule has 0 aromatic rings. The maximum absolute atomic E-state index is 13.1. The minimum Gasteiger partial charge on any atom is -0.480 e. The Morgan fingerprint density at radius 3 is 2.27 bits per heavy atom. The number of aliphatic imine (C=N–C) groups is 1. The Kier molecular flexibility index (Phi) is 11.4. The second-order valence-corrected chi connectivity index (χ2v) is 7.92. The van der Waals surface area contributed by atoms with E-state index < -0.39 is 60.2 Å². The zero-order valence-electron chi connectivity index (χ0n) is 18.1. The van der Waals surface area contributed by atoms with Crippen molar-refractivity contribution in [3.05, 3.63) is 0 Å². The highest BCUT2D eigenvalue weighted by atomic mass is 32.1. The van der Waals surface area contributed by atoms with E-state index in [1.54, 1.807) is 0 Å². The van der Waals surface area contributed by atoms with E-state index in [4.69, 9.17) is 22.9 Å². The predicted molar refractivity (Wildman–Crippen MR) is 122 cm³/mol. The molecule has 0 spiro atoms. The van der Waals surface area contributed by atoms with E-state index >= 15 is 0 Å².